The highest BCUT2D eigenvalue weighted by molar-refractivity contribution is 6.18. The maximum atomic E-state index is 11.4. The zero-order valence-corrected chi connectivity index (χ0v) is 8.10. The second-order valence-corrected chi connectivity index (χ2v) is 4.02. The third kappa shape index (κ3) is 1.99. The van der Waals surface area contributed by atoms with E-state index in [0.717, 1.165) is 19.3 Å². The molecule has 0 aromatic heterocycles. The third-order valence-corrected chi connectivity index (χ3v) is 3.12. The van der Waals surface area contributed by atoms with Crippen LogP contribution in [0.4, 0.5) is 0 Å². The van der Waals surface area contributed by atoms with E-state index in [1.165, 1.54) is 0 Å². The Morgan fingerprint density at radius 3 is 2.83 bits per heavy atom. The SMILES string of the molecule is C[C@@](O)(CCl)[C@H]1CCCCC1=O. The van der Waals surface area contributed by atoms with Crippen molar-refractivity contribution < 1.29 is 9.90 Å². The fourth-order valence-electron chi connectivity index (χ4n) is 1.73. The summed E-state index contributed by atoms with van der Waals surface area (Å²) in [6.45, 7) is 1.65. The molecule has 70 valence electrons. The van der Waals surface area contributed by atoms with Gasteiger partial charge in [0.1, 0.15) is 5.78 Å². The minimum Gasteiger partial charge on any atom is -0.388 e. The first-order valence-corrected chi connectivity index (χ1v) is 4.92. The summed E-state index contributed by atoms with van der Waals surface area (Å²) in [4.78, 5) is 11.4. The summed E-state index contributed by atoms with van der Waals surface area (Å²) in [6, 6.07) is 0. The highest BCUT2D eigenvalue weighted by Gasteiger charge is 2.37. The van der Waals surface area contributed by atoms with Crippen LogP contribution in [0.25, 0.3) is 0 Å². The van der Waals surface area contributed by atoms with Gasteiger partial charge in [0.05, 0.1) is 11.5 Å². The molecule has 1 saturated carbocycles. The van der Waals surface area contributed by atoms with Crippen LogP contribution in [0.1, 0.15) is 32.6 Å². The third-order valence-electron chi connectivity index (χ3n) is 2.58. The van der Waals surface area contributed by atoms with Crippen molar-refractivity contribution in [1.82, 2.24) is 0 Å². The number of carbonyl (C=O) groups excluding carboxylic acids is 1. The van der Waals surface area contributed by atoms with Crippen LogP contribution in [0.15, 0.2) is 0 Å². The maximum Gasteiger partial charge on any atom is 0.138 e. The monoisotopic (exact) mass is 190 g/mol. The van der Waals surface area contributed by atoms with Gasteiger partial charge in [-0.15, -0.1) is 11.6 Å². The summed E-state index contributed by atoms with van der Waals surface area (Å²) in [5.74, 6) is 0.0827. The molecular formula is C9H15ClO2. The molecular weight excluding hydrogens is 176 g/mol. The van der Waals surface area contributed by atoms with Gasteiger partial charge in [-0.1, -0.05) is 6.42 Å². The molecule has 12 heavy (non-hydrogen) atoms. The van der Waals surface area contributed by atoms with Gasteiger partial charge in [-0.3, -0.25) is 4.79 Å². The standard InChI is InChI=1S/C9H15ClO2/c1-9(12,6-10)7-4-2-3-5-8(7)11/h7,12H,2-6H2,1H3/t7-,9+/m0/s1. The van der Waals surface area contributed by atoms with Crippen LogP contribution in [0, 0.1) is 5.92 Å². The van der Waals surface area contributed by atoms with E-state index >= 15 is 0 Å². The Hall–Kier alpha value is -0.0800. The van der Waals surface area contributed by atoms with Crippen molar-refractivity contribution in [3.05, 3.63) is 0 Å². The molecule has 2 atom stereocenters. The van der Waals surface area contributed by atoms with Gasteiger partial charge in [-0.2, -0.15) is 0 Å². The molecule has 2 nitrogen and oxygen atoms in total. The van der Waals surface area contributed by atoms with E-state index in [2.05, 4.69) is 0 Å². The van der Waals surface area contributed by atoms with Gasteiger partial charge in [-0.05, 0) is 19.8 Å². The van der Waals surface area contributed by atoms with Crippen LogP contribution >= 0.6 is 11.6 Å². The van der Waals surface area contributed by atoms with E-state index in [0.29, 0.717) is 6.42 Å². The summed E-state index contributed by atoms with van der Waals surface area (Å²) in [6.07, 6.45) is 3.40. The highest BCUT2D eigenvalue weighted by atomic mass is 35.5. The molecule has 1 rings (SSSR count). The molecule has 1 aliphatic rings. The largest absolute Gasteiger partial charge is 0.388 e. The molecule has 0 amide bonds. The van der Waals surface area contributed by atoms with Gasteiger partial charge in [0.2, 0.25) is 0 Å². The van der Waals surface area contributed by atoms with Crippen LogP contribution in [0.2, 0.25) is 0 Å². The zero-order chi connectivity index (χ0) is 9.19. The second-order valence-electron chi connectivity index (χ2n) is 3.76. The maximum absolute atomic E-state index is 11.4. The number of Topliss-reactive ketones (excluding diaryl/α,β-unsaturated/α-hetero) is 1. The van der Waals surface area contributed by atoms with E-state index < -0.39 is 5.60 Å². The number of hydrogen-bond donors (Lipinski definition) is 1. The molecule has 0 bridgehead atoms. The van der Waals surface area contributed by atoms with E-state index in [9.17, 15) is 9.90 Å². The summed E-state index contributed by atoms with van der Waals surface area (Å²) in [5, 5.41) is 9.77. The van der Waals surface area contributed by atoms with Crippen molar-refractivity contribution in [2.45, 2.75) is 38.2 Å². The normalized spacial score (nSPS) is 29.9. The Balaban J connectivity index is 2.65. The molecule has 0 saturated heterocycles. The molecule has 0 radical (unpaired) electrons. The predicted octanol–water partition coefficient (Wildman–Crippen LogP) is 1.74. The van der Waals surface area contributed by atoms with Crippen molar-refractivity contribution in [3.8, 4) is 0 Å². The van der Waals surface area contributed by atoms with Crippen LogP contribution in [-0.4, -0.2) is 22.4 Å². The lowest BCUT2D eigenvalue weighted by molar-refractivity contribution is -0.132. The number of ketones is 1. The van der Waals surface area contributed by atoms with Crippen LogP contribution < -0.4 is 0 Å². The number of carbonyl (C=O) groups is 1. The van der Waals surface area contributed by atoms with Crippen molar-refractivity contribution in [2.24, 2.45) is 5.92 Å². The minimum atomic E-state index is -1.00. The van der Waals surface area contributed by atoms with Gasteiger partial charge in [0, 0.05) is 12.3 Å². The lowest BCUT2D eigenvalue weighted by atomic mass is 9.78. The quantitative estimate of drug-likeness (QED) is 0.674. The van der Waals surface area contributed by atoms with Crippen LogP contribution in [-0.2, 0) is 4.79 Å². The summed E-state index contributed by atoms with van der Waals surface area (Å²) < 4.78 is 0. The van der Waals surface area contributed by atoms with Gasteiger partial charge in [0.15, 0.2) is 0 Å². The molecule has 0 aliphatic heterocycles. The van der Waals surface area contributed by atoms with E-state index in [4.69, 9.17) is 11.6 Å². The fourth-order valence-corrected chi connectivity index (χ4v) is 1.92. The average molecular weight is 191 g/mol. The lowest BCUT2D eigenvalue weighted by Gasteiger charge is -2.32. The first kappa shape index (κ1) is 10.0. The predicted molar refractivity (Wildman–Crippen MR) is 48.3 cm³/mol. The Morgan fingerprint density at radius 1 is 1.67 bits per heavy atom. The number of aliphatic hydroxyl groups is 1. The molecule has 0 aromatic carbocycles. The number of hydrogen-bond acceptors (Lipinski definition) is 2. The Labute approximate surface area is 77.9 Å². The van der Waals surface area contributed by atoms with Crippen molar-refractivity contribution in [2.75, 3.05) is 5.88 Å². The van der Waals surface area contributed by atoms with Crippen molar-refractivity contribution >= 4 is 17.4 Å². The molecule has 0 spiro atoms. The van der Waals surface area contributed by atoms with Crippen molar-refractivity contribution in [3.63, 3.8) is 0 Å². The molecule has 3 heteroatoms. The van der Waals surface area contributed by atoms with Gasteiger partial charge < -0.3 is 5.11 Å². The smallest absolute Gasteiger partial charge is 0.138 e. The van der Waals surface area contributed by atoms with E-state index in [1.54, 1.807) is 6.92 Å². The topological polar surface area (TPSA) is 37.3 Å². The second kappa shape index (κ2) is 3.75. The average Bonchev–Trinajstić information content (AvgIpc) is 2.05. The highest BCUT2D eigenvalue weighted by Crippen LogP contribution is 2.30. The van der Waals surface area contributed by atoms with E-state index in [-0.39, 0.29) is 17.6 Å². The summed E-state index contributed by atoms with van der Waals surface area (Å²) >= 11 is 5.59. The molecule has 1 N–H and O–H groups in total. The first-order chi connectivity index (χ1) is 5.58. The molecule has 1 aliphatic carbocycles. The van der Waals surface area contributed by atoms with Crippen LogP contribution in [0.3, 0.4) is 0 Å². The van der Waals surface area contributed by atoms with Gasteiger partial charge in [-0.25, -0.2) is 0 Å². The lowest BCUT2D eigenvalue weighted by Crippen LogP contribution is -2.42. The number of alkyl halides is 1. The first-order valence-electron chi connectivity index (χ1n) is 4.39. The molecule has 1 fully saturated rings. The number of halogens is 1. The minimum absolute atomic E-state index is 0.142. The Bertz CT molecular complexity index is 177. The molecule has 0 unspecified atom stereocenters. The summed E-state index contributed by atoms with van der Waals surface area (Å²) in [7, 11) is 0. The fraction of sp³-hybridized carbons (Fsp3) is 0.889. The molecule has 0 aromatic rings. The summed E-state index contributed by atoms with van der Waals surface area (Å²) in [5.41, 5.74) is -1.00. The van der Waals surface area contributed by atoms with E-state index in [1.807, 2.05) is 0 Å². The van der Waals surface area contributed by atoms with Crippen molar-refractivity contribution in [1.29, 1.82) is 0 Å². The molecule has 0 heterocycles. The zero-order valence-electron chi connectivity index (χ0n) is 7.35. The Kier molecular flexibility index (Phi) is 3.13. The number of rotatable bonds is 2. The van der Waals surface area contributed by atoms with Crippen LogP contribution in [0.5, 0.6) is 0 Å². The van der Waals surface area contributed by atoms with Gasteiger partial charge >= 0.3 is 0 Å². The van der Waals surface area contributed by atoms with Gasteiger partial charge in [0.25, 0.3) is 0 Å². The Morgan fingerprint density at radius 2 is 2.33 bits per heavy atom.